The third-order valence-corrected chi connectivity index (χ3v) is 5.44. The third kappa shape index (κ3) is 6.06. The summed E-state index contributed by atoms with van der Waals surface area (Å²) in [6, 6.07) is 6.79. The van der Waals surface area contributed by atoms with Crippen LogP contribution in [0.15, 0.2) is 24.3 Å². The maximum Gasteiger partial charge on any atom is 0.251 e. The lowest BCUT2D eigenvalue weighted by atomic mass is 9.88. The highest BCUT2D eigenvalue weighted by molar-refractivity contribution is 5.97. The largest absolute Gasteiger partial charge is 0.352 e. The minimum absolute atomic E-state index is 0.112. The molecule has 1 fully saturated rings. The highest BCUT2D eigenvalue weighted by Gasteiger charge is 2.33. The first-order valence-electron chi connectivity index (χ1n) is 9.99. The maximum absolute atomic E-state index is 12.5. The second kappa shape index (κ2) is 8.87. The Labute approximate surface area is 163 Å². The second-order valence-corrected chi connectivity index (χ2v) is 8.95. The Hall–Kier alpha value is -1.88. The van der Waals surface area contributed by atoms with Crippen LogP contribution in [0.25, 0.3) is 0 Å². The topological polar surface area (TPSA) is 61.4 Å². The molecule has 1 aromatic rings. The summed E-state index contributed by atoms with van der Waals surface area (Å²) in [6.45, 7) is 15.3. The van der Waals surface area contributed by atoms with Crippen molar-refractivity contribution in [3.63, 3.8) is 0 Å². The highest BCUT2D eigenvalue weighted by Crippen LogP contribution is 2.26. The fourth-order valence-corrected chi connectivity index (χ4v) is 3.86. The van der Waals surface area contributed by atoms with E-state index in [-0.39, 0.29) is 17.4 Å². The number of nitrogens with zero attached hydrogens (tertiary/aromatic N) is 1. The van der Waals surface area contributed by atoms with Gasteiger partial charge in [0, 0.05) is 30.7 Å². The van der Waals surface area contributed by atoms with E-state index in [1.54, 1.807) is 13.0 Å². The van der Waals surface area contributed by atoms with Gasteiger partial charge in [-0.3, -0.25) is 14.5 Å². The summed E-state index contributed by atoms with van der Waals surface area (Å²) in [5.41, 5.74) is 1.48. The molecule has 3 atom stereocenters. The summed E-state index contributed by atoms with van der Waals surface area (Å²) in [4.78, 5) is 27.3. The van der Waals surface area contributed by atoms with Crippen LogP contribution in [-0.4, -0.2) is 47.9 Å². The minimum Gasteiger partial charge on any atom is -0.352 e. The van der Waals surface area contributed by atoms with E-state index in [0.29, 0.717) is 23.9 Å². The predicted molar refractivity (Wildman–Crippen MR) is 110 cm³/mol. The molecule has 1 heterocycles. The van der Waals surface area contributed by atoms with Crippen LogP contribution in [0.4, 0.5) is 0 Å². The molecule has 150 valence electrons. The Bertz CT molecular complexity index is 661. The molecule has 0 spiro atoms. The molecule has 1 aliphatic heterocycles. The van der Waals surface area contributed by atoms with Crippen LogP contribution in [0, 0.1) is 18.8 Å². The van der Waals surface area contributed by atoms with Crippen LogP contribution in [0.2, 0.25) is 0 Å². The number of nitrogens with one attached hydrogen (secondary N) is 2. The molecule has 0 aliphatic carbocycles. The third-order valence-electron chi connectivity index (χ3n) is 5.44. The first-order chi connectivity index (χ1) is 12.6. The first kappa shape index (κ1) is 21.4. The van der Waals surface area contributed by atoms with Gasteiger partial charge in [0.2, 0.25) is 5.91 Å². The zero-order valence-electron chi connectivity index (χ0n) is 17.6. The number of rotatable bonds is 6. The average Bonchev–Trinajstić information content (AvgIpc) is 2.58. The van der Waals surface area contributed by atoms with Crippen molar-refractivity contribution in [2.75, 3.05) is 19.6 Å². The summed E-state index contributed by atoms with van der Waals surface area (Å²) >= 11 is 0. The normalized spacial score (nSPS) is 22.1. The van der Waals surface area contributed by atoms with Crippen LogP contribution < -0.4 is 10.6 Å². The van der Waals surface area contributed by atoms with Crippen LogP contribution in [0.3, 0.4) is 0 Å². The lowest BCUT2D eigenvalue weighted by Gasteiger charge is -2.45. The zero-order valence-corrected chi connectivity index (χ0v) is 17.6. The molecule has 5 nitrogen and oxygen atoms in total. The summed E-state index contributed by atoms with van der Waals surface area (Å²) in [7, 11) is 0. The van der Waals surface area contributed by atoms with E-state index in [2.05, 4.69) is 43.2 Å². The number of hydrogen-bond donors (Lipinski definition) is 2. The molecular formula is C22H35N3O2. The number of piperidine rings is 1. The van der Waals surface area contributed by atoms with E-state index in [1.165, 1.54) is 6.42 Å². The number of carbonyl (C=O) groups excluding carboxylic acids is 2. The fourth-order valence-electron chi connectivity index (χ4n) is 3.86. The van der Waals surface area contributed by atoms with E-state index in [9.17, 15) is 9.59 Å². The fraction of sp³-hybridized carbons (Fsp3) is 0.636. The van der Waals surface area contributed by atoms with Crippen molar-refractivity contribution in [2.45, 2.75) is 59.5 Å². The van der Waals surface area contributed by atoms with Gasteiger partial charge in [0.05, 0.1) is 0 Å². The van der Waals surface area contributed by atoms with E-state index in [4.69, 9.17) is 0 Å². The van der Waals surface area contributed by atoms with Gasteiger partial charge in [0.25, 0.3) is 5.91 Å². The molecule has 2 rings (SSSR count). The average molecular weight is 374 g/mol. The van der Waals surface area contributed by atoms with Gasteiger partial charge in [-0.25, -0.2) is 0 Å². The number of aryl methyl sites for hydroxylation is 1. The predicted octanol–water partition coefficient (Wildman–Crippen LogP) is 2.99. The molecule has 1 aromatic carbocycles. The van der Waals surface area contributed by atoms with Crippen LogP contribution in [0.1, 0.15) is 57.0 Å². The standard InChI is InChI=1S/C22H35N3O2/c1-15-8-7-9-19(11-15)21(27)24-18(4)20(26)23-14-22(5,6)25-12-16(2)10-17(3)13-25/h7-9,11,16-18H,10,12-14H2,1-6H3,(H,23,26)(H,24,27). The smallest absolute Gasteiger partial charge is 0.251 e. The Morgan fingerprint density at radius 2 is 1.85 bits per heavy atom. The molecular weight excluding hydrogens is 338 g/mol. The van der Waals surface area contributed by atoms with Crippen molar-refractivity contribution >= 4 is 11.8 Å². The monoisotopic (exact) mass is 373 g/mol. The number of likely N-dealkylation sites (tertiary alicyclic amines) is 1. The van der Waals surface area contributed by atoms with Gasteiger partial charge in [0.15, 0.2) is 0 Å². The molecule has 5 heteroatoms. The molecule has 27 heavy (non-hydrogen) atoms. The van der Waals surface area contributed by atoms with E-state index < -0.39 is 6.04 Å². The SMILES string of the molecule is Cc1cccc(C(=O)NC(C)C(=O)NCC(C)(C)N2CC(C)CC(C)C2)c1. The molecule has 0 aromatic heterocycles. The minimum atomic E-state index is -0.576. The molecule has 1 saturated heterocycles. The van der Waals surface area contributed by atoms with Crippen molar-refractivity contribution in [3.05, 3.63) is 35.4 Å². The summed E-state index contributed by atoms with van der Waals surface area (Å²) in [5, 5.41) is 5.81. The van der Waals surface area contributed by atoms with Crippen molar-refractivity contribution in [1.82, 2.24) is 15.5 Å². The molecule has 1 aliphatic rings. The Morgan fingerprint density at radius 1 is 1.22 bits per heavy atom. The quantitative estimate of drug-likeness (QED) is 0.806. The molecule has 2 N–H and O–H groups in total. The first-order valence-corrected chi connectivity index (χ1v) is 9.99. The lowest BCUT2D eigenvalue weighted by Crippen LogP contribution is -2.57. The number of benzene rings is 1. The summed E-state index contributed by atoms with van der Waals surface area (Å²) < 4.78 is 0. The number of amides is 2. The van der Waals surface area contributed by atoms with Crippen molar-refractivity contribution in [2.24, 2.45) is 11.8 Å². The van der Waals surface area contributed by atoms with Gasteiger partial charge >= 0.3 is 0 Å². The van der Waals surface area contributed by atoms with E-state index in [1.807, 2.05) is 25.1 Å². The summed E-state index contributed by atoms with van der Waals surface area (Å²) in [6.07, 6.45) is 1.26. The Kier molecular flexibility index (Phi) is 7.04. The van der Waals surface area contributed by atoms with Crippen LogP contribution in [0.5, 0.6) is 0 Å². The summed E-state index contributed by atoms with van der Waals surface area (Å²) in [5.74, 6) is 0.981. The maximum atomic E-state index is 12.5. The van der Waals surface area contributed by atoms with Crippen LogP contribution in [-0.2, 0) is 4.79 Å². The molecule has 2 amide bonds. The molecule has 0 radical (unpaired) electrons. The highest BCUT2D eigenvalue weighted by atomic mass is 16.2. The Balaban J connectivity index is 1.87. The second-order valence-electron chi connectivity index (χ2n) is 8.95. The van der Waals surface area contributed by atoms with Gasteiger partial charge in [0.1, 0.15) is 6.04 Å². The lowest BCUT2D eigenvalue weighted by molar-refractivity contribution is -0.123. The number of hydrogen-bond acceptors (Lipinski definition) is 3. The van der Waals surface area contributed by atoms with E-state index >= 15 is 0 Å². The van der Waals surface area contributed by atoms with Gasteiger partial charge in [-0.05, 0) is 58.1 Å². The van der Waals surface area contributed by atoms with E-state index in [0.717, 1.165) is 18.7 Å². The van der Waals surface area contributed by atoms with Gasteiger partial charge in [-0.15, -0.1) is 0 Å². The van der Waals surface area contributed by atoms with Crippen LogP contribution >= 0.6 is 0 Å². The van der Waals surface area contributed by atoms with Gasteiger partial charge < -0.3 is 10.6 Å². The molecule has 0 bridgehead atoms. The number of carbonyl (C=O) groups is 2. The van der Waals surface area contributed by atoms with Gasteiger partial charge in [-0.2, -0.15) is 0 Å². The van der Waals surface area contributed by atoms with Crippen molar-refractivity contribution in [3.8, 4) is 0 Å². The molecule has 3 unspecified atom stereocenters. The Morgan fingerprint density at radius 3 is 2.44 bits per heavy atom. The van der Waals surface area contributed by atoms with Crippen molar-refractivity contribution in [1.29, 1.82) is 0 Å². The zero-order chi connectivity index (χ0) is 20.2. The van der Waals surface area contributed by atoms with Crippen molar-refractivity contribution < 1.29 is 9.59 Å². The van der Waals surface area contributed by atoms with Gasteiger partial charge in [-0.1, -0.05) is 31.5 Å². The molecule has 0 saturated carbocycles.